The molecule has 2 rings (SSSR count). The Morgan fingerprint density at radius 3 is 2.65 bits per heavy atom. The van der Waals surface area contributed by atoms with Crippen LogP contribution in [0.15, 0.2) is 29.2 Å². The summed E-state index contributed by atoms with van der Waals surface area (Å²) in [5.74, 6) is -0.263. The van der Waals surface area contributed by atoms with Crippen LogP contribution in [-0.4, -0.2) is 22.9 Å². The molecule has 0 amide bonds. The molecule has 0 aliphatic carbocycles. The summed E-state index contributed by atoms with van der Waals surface area (Å²) in [5, 5.41) is 6.99. The molecule has 0 saturated carbocycles. The van der Waals surface area contributed by atoms with Crippen molar-refractivity contribution in [3.63, 3.8) is 0 Å². The molecular formula is C16H20ClFN4O. The fraction of sp³-hybridized carbons (Fsp3) is 0.375. The summed E-state index contributed by atoms with van der Waals surface area (Å²) < 4.78 is 15.4. The van der Waals surface area contributed by atoms with Gasteiger partial charge in [0.1, 0.15) is 10.8 Å². The third kappa shape index (κ3) is 3.82. The zero-order valence-electron chi connectivity index (χ0n) is 13.4. The van der Waals surface area contributed by atoms with E-state index in [1.54, 1.807) is 6.07 Å². The highest BCUT2D eigenvalue weighted by Crippen LogP contribution is 2.22. The van der Waals surface area contributed by atoms with Crippen LogP contribution in [0.25, 0.3) is 0 Å². The number of nitrogens with zero attached hydrogens (tertiary/aromatic N) is 3. The highest BCUT2D eigenvalue weighted by Gasteiger charge is 2.10. The summed E-state index contributed by atoms with van der Waals surface area (Å²) >= 11 is 5.98. The summed E-state index contributed by atoms with van der Waals surface area (Å²) in [6, 6.07) is 5.11. The van der Waals surface area contributed by atoms with Gasteiger partial charge in [0, 0.05) is 26.7 Å². The second kappa shape index (κ2) is 7.46. The molecule has 5 nitrogen and oxygen atoms in total. The summed E-state index contributed by atoms with van der Waals surface area (Å²) in [7, 11) is 1.53. The number of nitrogens with one attached hydrogen (secondary N) is 1. The molecule has 0 bridgehead atoms. The van der Waals surface area contributed by atoms with E-state index in [9.17, 15) is 9.18 Å². The molecule has 0 aliphatic heterocycles. The first-order valence-electron chi connectivity index (χ1n) is 7.47. The minimum Gasteiger partial charge on any atom is -0.378 e. The van der Waals surface area contributed by atoms with Crippen LogP contribution in [0.1, 0.15) is 19.4 Å². The molecule has 0 radical (unpaired) electrons. The number of hydrogen-bond donors (Lipinski definition) is 1. The zero-order chi connectivity index (χ0) is 17.0. The van der Waals surface area contributed by atoms with Crippen molar-refractivity contribution in [1.29, 1.82) is 0 Å². The molecular weight excluding hydrogens is 319 g/mol. The number of rotatable bonds is 6. The molecule has 23 heavy (non-hydrogen) atoms. The van der Waals surface area contributed by atoms with Crippen LogP contribution in [0.2, 0.25) is 5.02 Å². The van der Waals surface area contributed by atoms with Gasteiger partial charge in [0.25, 0.3) is 5.56 Å². The molecule has 2 aromatic rings. The maximum atomic E-state index is 14.2. The van der Waals surface area contributed by atoms with E-state index in [-0.39, 0.29) is 16.4 Å². The van der Waals surface area contributed by atoms with Crippen molar-refractivity contribution < 1.29 is 4.39 Å². The molecule has 124 valence electrons. The van der Waals surface area contributed by atoms with E-state index < -0.39 is 0 Å². The van der Waals surface area contributed by atoms with Crippen LogP contribution in [0.5, 0.6) is 0 Å². The lowest BCUT2D eigenvalue weighted by molar-refractivity contribution is 0.618. The predicted molar refractivity (Wildman–Crippen MR) is 91.8 cm³/mol. The lowest BCUT2D eigenvalue weighted by atomic mass is 10.1. The zero-order valence-corrected chi connectivity index (χ0v) is 14.2. The number of anilines is 2. The van der Waals surface area contributed by atoms with Gasteiger partial charge < -0.3 is 10.2 Å². The first-order chi connectivity index (χ1) is 11.0. The molecule has 0 saturated heterocycles. The first kappa shape index (κ1) is 17.3. The lowest BCUT2D eigenvalue weighted by Gasteiger charge is -2.22. The van der Waals surface area contributed by atoms with Gasteiger partial charge in [-0.3, -0.25) is 4.79 Å². The lowest BCUT2D eigenvalue weighted by Crippen LogP contribution is -2.23. The van der Waals surface area contributed by atoms with Gasteiger partial charge in [0.05, 0.1) is 17.6 Å². The Kier molecular flexibility index (Phi) is 5.60. The monoisotopic (exact) mass is 338 g/mol. The Labute approximate surface area is 139 Å². The third-order valence-electron chi connectivity index (χ3n) is 3.68. The van der Waals surface area contributed by atoms with Crippen LogP contribution >= 0.6 is 11.6 Å². The fourth-order valence-corrected chi connectivity index (χ4v) is 2.55. The van der Waals surface area contributed by atoms with Crippen molar-refractivity contribution in [3.8, 4) is 0 Å². The largest absolute Gasteiger partial charge is 0.378 e. The molecule has 0 atom stereocenters. The SMILES string of the molecule is CCN(CC)c1ccc(CNc2cnn(C)c(=O)c2Cl)cc1F. The maximum absolute atomic E-state index is 14.2. The predicted octanol–water partition coefficient (Wildman–Crippen LogP) is 3.03. The summed E-state index contributed by atoms with van der Waals surface area (Å²) in [6.07, 6.45) is 1.48. The van der Waals surface area contributed by atoms with Crippen LogP contribution in [0.4, 0.5) is 15.8 Å². The standard InChI is InChI=1S/C16H20ClFN4O/c1-4-22(5-2)14-7-6-11(8-12(14)18)9-19-13-10-20-21(3)16(23)15(13)17/h6-8,10,19H,4-5,9H2,1-3H3. The molecule has 1 heterocycles. The summed E-state index contributed by atoms with van der Waals surface area (Å²) in [4.78, 5) is 13.7. The first-order valence-corrected chi connectivity index (χ1v) is 7.84. The van der Waals surface area contributed by atoms with Crippen molar-refractivity contribution in [3.05, 3.63) is 51.2 Å². The summed E-state index contributed by atoms with van der Waals surface area (Å²) in [5.41, 5.74) is 1.41. The van der Waals surface area contributed by atoms with E-state index in [2.05, 4.69) is 10.4 Å². The van der Waals surface area contributed by atoms with Crippen LogP contribution < -0.4 is 15.8 Å². The normalized spacial score (nSPS) is 10.7. The van der Waals surface area contributed by atoms with E-state index >= 15 is 0 Å². The average molecular weight is 339 g/mol. The van der Waals surface area contributed by atoms with Gasteiger partial charge in [-0.05, 0) is 31.5 Å². The Hall–Kier alpha value is -2.08. The topological polar surface area (TPSA) is 50.2 Å². The van der Waals surface area contributed by atoms with Gasteiger partial charge in [-0.25, -0.2) is 9.07 Å². The second-order valence-corrected chi connectivity index (χ2v) is 5.49. The Bertz CT molecular complexity index is 743. The van der Waals surface area contributed by atoms with Gasteiger partial charge in [0.15, 0.2) is 0 Å². The van der Waals surface area contributed by atoms with Crippen molar-refractivity contribution >= 4 is 23.0 Å². The number of aryl methyl sites for hydroxylation is 1. The van der Waals surface area contributed by atoms with Crippen LogP contribution in [0.3, 0.4) is 0 Å². The molecule has 0 fully saturated rings. The molecule has 0 aliphatic rings. The average Bonchev–Trinajstić information content (AvgIpc) is 2.55. The van der Waals surface area contributed by atoms with Crippen LogP contribution in [0, 0.1) is 5.82 Å². The third-order valence-corrected chi connectivity index (χ3v) is 4.04. The van der Waals surface area contributed by atoms with Gasteiger partial charge >= 0.3 is 0 Å². The molecule has 1 N–H and O–H groups in total. The van der Waals surface area contributed by atoms with Crippen molar-refractivity contribution in [2.45, 2.75) is 20.4 Å². The summed E-state index contributed by atoms with van der Waals surface area (Å²) in [6.45, 7) is 5.83. The second-order valence-electron chi connectivity index (χ2n) is 5.11. The van der Waals surface area contributed by atoms with E-state index in [1.165, 1.54) is 19.3 Å². The van der Waals surface area contributed by atoms with Gasteiger partial charge in [-0.15, -0.1) is 0 Å². The number of hydrogen-bond acceptors (Lipinski definition) is 4. The van der Waals surface area contributed by atoms with Gasteiger partial charge in [-0.1, -0.05) is 17.7 Å². The fourth-order valence-electron chi connectivity index (χ4n) is 2.31. The van der Waals surface area contributed by atoms with Crippen LogP contribution in [-0.2, 0) is 13.6 Å². The molecule has 7 heteroatoms. The Morgan fingerprint density at radius 1 is 1.35 bits per heavy atom. The highest BCUT2D eigenvalue weighted by molar-refractivity contribution is 6.32. The van der Waals surface area contributed by atoms with Crippen molar-refractivity contribution in [2.75, 3.05) is 23.3 Å². The smallest absolute Gasteiger partial charge is 0.287 e. The van der Waals surface area contributed by atoms with E-state index in [0.29, 0.717) is 17.9 Å². The van der Waals surface area contributed by atoms with E-state index in [1.807, 2.05) is 24.8 Å². The van der Waals surface area contributed by atoms with Gasteiger partial charge in [-0.2, -0.15) is 5.10 Å². The van der Waals surface area contributed by atoms with Crippen molar-refractivity contribution in [1.82, 2.24) is 9.78 Å². The number of halogens is 2. The number of aromatic nitrogens is 2. The molecule has 0 unspecified atom stereocenters. The molecule has 1 aromatic heterocycles. The van der Waals surface area contributed by atoms with Crippen molar-refractivity contribution in [2.24, 2.45) is 7.05 Å². The van der Waals surface area contributed by atoms with Gasteiger partial charge in [0.2, 0.25) is 0 Å². The Morgan fingerprint density at radius 2 is 2.04 bits per heavy atom. The Balaban J connectivity index is 2.14. The molecule has 0 spiro atoms. The highest BCUT2D eigenvalue weighted by atomic mass is 35.5. The molecule has 1 aromatic carbocycles. The van der Waals surface area contributed by atoms with E-state index in [4.69, 9.17) is 11.6 Å². The maximum Gasteiger partial charge on any atom is 0.287 e. The number of benzene rings is 1. The minimum absolute atomic E-state index is 0.0720. The quantitative estimate of drug-likeness (QED) is 0.879. The van der Waals surface area contributed by atoms with E-state index in [0.717, 1.165) is 23.3 Å². The minimum atomic E-state index is -0.375.